The number of nitrogens with one attached hydrogen (secondary N) is 2. The van der Waals surface area contributed by atoms with Gasteiger partial charge < -0.3 is 10.6 Å². The van der Waals surface area contributed by atoms with Crippen LogP contribution < -0.4 is 10.6 Å². The minimum Gasteiger partial charge on any atom is -0.370 e. The van der Waals surface area contributed by atoms with E-state index in [0.29, 0.717) is 12.0 Å². The Hall–Kier alpha value is -2.10. The van der Waals surface area contributed by atoms with Gasteiger partial charge in [0, 0.05) is 24.2 Å². The van der Waals surface area contributed by atoms with Crippen molar-refractivity contribution in [3.05, 3.63) is 36.4 Å². The average molecular weight is 298 g/mol. The third-order valence-corrected chi connectivity index (χ3v) is 3.22. The number of hydrogen-bond donors (Lipinski definition) is 2. The van der Waals surface area contributed by atoms with Crippen molar-refractivity contribution in [2.75, 3.05) is 17.2 Å². The lowest BCUT2D eigenvalue weighted by Gasteiger charge is -2.14. The van der Waals surface area contributed by atoms with Gasteiger partial charge in [0.1, 0.15) is 11.6 Å². The molecule has 4 heteroatoms. The second-order valence-corrected chi connectivity index (χ2v) is 6.24. The van der Waals surface area contributed by atoms with Crippen molar-refractivity contribution in [3.8, 4) is 11.4 Å². The van der Waals surface area contributed by atoms with Gasteiger partial charge in [0.2, 0.25) is 0 Å². The summed E-state index contributed by atoms with van der Waals surface area (Å²) in [5.41, 5.74) is 1.03. The highest BCUT2D eigenvalue weighted by atomic mass is 15.1. The molecule has 1 aromatic carbocycles. The zero-order valence-corrected chi connectivity index (χ0v) is 13.9. The predicted molar refractivity (Wildman–Crippen MR) is 94.2 cm³/mol. The molecule has 0 amide bonds. The third kappa shape index (κ3) is 5.02. The van der Waals surface area contributed by atoms with Crippen LogP contribution in [-0.4, -0.2) is 22.6 Å². The predicted octanol–water partition coefficient (Wildman–Crippen LogP) is 4.42. The summed E-state index contributed by atoms with van der Waals surface area (Å²) in [6, 6.07) is 12.4. The lowest BCUT2D eigenvalue weighted by atomic mass is 10.1. The van der Waals surface area contributed by atoms with Crippen LogP contribution in [0.25, 0.3) is 11.4 Å². The van der Waals surface area contributed by atoms with E-state index in [1.807, 2.05) is 36.4 Å². The smallest absolute Gasteiger partial charge is 0.163 e. The van der Waals surface area contributed by atoms with Gasteiger partial charge in [0.15, 0.2) is 5.82 Å². The Morgan fingerprint density at radius 3 is 2.27 bits per heavy atom. The molecule has 4 nitrogen and oxygen atoms in total. The molecule has 1 aromatic heterocycles. The Morgan fingerprint density at radius 2 is 1.64 bits per heavy atom. The Bertz CT molecular complexity index is 579. The molecule has 0 aliphatic heterocycles. The van der Waals surface area contributed by atoms with E-state index in [-0.39, 0.29) is 0 Å². The highest BCUT2D eigenvalue weighted by Gasteiger charge is 2.07. The first-order chi connectivity index (χ1) is 10.5. The molecule has 2 rings (SSSR count). The molecule has 118 valence electrons. The van der Waals surface area contributed by atoms with Crippen molar-refractivity contribution in [2.24, 2.45) is 5.92 Å². The van der Waals surface area contributed by atoms with Crippen LogP contribution in [0.5, 0.6) is 0 Å². The Kier molecular flexibility index (Phi) is 5.75. The summed E-state index contributed by atoms with van der Waals surface area (Å²) in [4.78, 5) is 9.27. The molecule has 0 aliphatic carbocycles. The first kappa shape index (κ1) is 16.3. The van der Waals surface area contributed by atoms with Crippen LogP contribution >= 0.6 is 0 Å². The lowest BCUT2D eigenvalue weighted by molar-refractivity contribution is 0.606. The maximum absolute atomic E-state index is 4.65. The topological polar surface area (TPSA) is 49.8 Å². The molecule has 0 spiro atoms. The summed E-state index contributed by atoms with van der Waals surface area (Å²) in [7, 11) is 0. The highest BCUT2D eigenvalue weighted by molar-refractivity contribution is 5.61. The number of nitrogens with zero attached hydrogens (tertiary/aromatic N) is 2. The monoisotopic (exact) mass is 298 g/mol. The van der Waals surface area contributed by atoms with Gasteiger partial charge >= 0.3 is 0 Å². The molecule has 1 heterocycles. The number of hydrogen-bond acceptors (Lipinski definition) is 4. The van der Waals surface area contributed by atoms with Gasteiger partial charge in [-0.15, -0.1) is 0 Å². The van der Waals surface area contributed by atoms with E-state index in [0.717, 1.165) is 36.0 Å². The third-order valence-electron chi connectivity index (χ3n) is 3.22. The second-order valence-electron chi connectivity index (χ2n) is 6.24. The van der Waals surface area contributed by atoms with Crippen molar-refractivity contribution in [1.29, 1.82) is 0 Å². The standard InChI is InChI=1S/C18H26N4/c1-13(2)10-11-19-16-12-17(20-14(3)4)22-18(21-16)15-8-6-5-7-9-15/h5-9,12-14H,10-11H2,1-4H3,(H2,19,20,21,22). The molecule has 2 aromatic rings. The molecule has 0 saturated heterocycles. The largest absolute Gasteiger partial charge is 0.370 e. The Labute approximate surface area is 133 Å². The zero-order valence-electron chi connectivity index (χ0n) is 13.9. The Morgan fingerprint density at radius 1 is 0.955 bits per heavy atom. The van der Waals surface area contributed by atoms with Gasteiger partial charge in [-0.05, 0) is 26.2 Å². The normalized spacial score (nSPS) is 11.0. The molecule has 0 unspecified atom stereocenters. The van der Waals surface area contributed by atoms with E-state index < -0.39 is 0 Å². The fraction of sp³-hybridized carbons (Fsp3) is 0.444. The Balaban J connectivity index is 2.24. The molecule has 22 heavy (non-hydrogen) atoms. The van der Waals surface area contributed by atoms with Gasteiger partial charge in [-0.25, -0.2) is 9.97 Å². The van der Waals surface area contributed by atoms with E-state index in [4.69, 9.17) is 0 Å². The van der Waals surface area contributed by atoms with E-state index in [9.17, 15) is 0 Å². The van der Waals surface area contributed by atoms with E-state index in [1.54, 1.807) is 0 Å². The molecular formula is C18H26N4. The fourth-order valence-corrected chi connectivity index (χ4v) is 2.11. The first-order valence-corrected chi connectivity index (χ1v) is 7.99. The van der Waals surface area contributed by atoms with E-state index in [1.165, 1.54) is 0 Å². The molecule has 0 fully saturated rings. The molecule has 0 atom stereocenters. The molecule has 0 radical (unpaired) electrons. The van der Waals surface area contributed by atoms with Crippen LogP contribution in [-0.2, 0) is 0 Å². The van der Waals surface area contributed by atoms with Crippen LogP contribution in [0.4, 0.5) is 11.6 Å². The average Bonchev–Trinajstić information content (AvgIpc) is 2.47. The van der Waals surface area contributed by atoms with Crippen LogP contribution in [0, 0.1) is 5.92 Å². The molecule has 0 saturated carbocycles. The van der Waals surface area contributed by atoms with Crippen molar-refractivity contribution >= 4 is 11.6 Å². The van der Waals surface area contributed by atoms with Gasteiger partial charge in [-0.2, -0.15) is 0 Å². The van der Waals surface area contributed by atoms with Crippen molar-refractivity contribution in [1.82, 2.24) is 9.97 Å². The summed E-state index contributed by atoms with van der Waals surface area (Å²) in [6.07, 6.45) is 1.12. The highest BCUT2D eigenvalue weighted by Crippen LogP contribution is 2.20. The molecular weight excluding hydrogens is 272 g/mol. The zero-order chi connectivity index (χ0) is 15.9. The van der Waals surface area contributed by atoms with Crippen LogP contribution in [0.3, 0.4) is 0 Å². The van der Waals surface area contributed by atoms with Crippen molar-refractivity contribution in [3.63, 3.8) is 0 Å². The summed E-state index contributed by atoms with van der Waals surface area (Å²) < 4.78 is 0. The quantitative estimate of drug-likeness (QED) is 0.794. The SMILES string of the molecule is CC(C)CCNc1cc(NC(C)C)nc(-c2ccccc2)n1. The maximum Gasteiger partial charge on any atom is 0.163 e. The van der Waals surface area contributed by atoms with Crippen molar-refractivity contribution < 1.29 is 0 Å². The van der Waals surface area contributed by atoms with Gasteiger partial charge in [0.25, 0.3) is 0 Å². The summed E-state index contributed by atoms with van der Waals surface area (Å²) >= 11 is 0. The number of anilines is 2. The molecule has 2 N–H and O–H groups in total. The van der Waals surface area contributed by atoms with Crippen molar-refractivity contribution in [2.45, 2.75) is 40.2 Å². The minimum atomic E-state index is 0.335. The van der Waals surface area contributed by atoms with Gasteiger partial charge in [-0.1, -0.05) is 44.2 Å². The molecule has 0 bridgehead atoms. The van der Waals surface area contributed by atoms with Gasteiger partial charge in [0.05, 0.1) is 0 Å². The van der Waals surface area contributed by atoms with E-state index >= 15 is 0 Å². The number of aromatic nitrogens is 2. The number of rotatable bonds is 7. The van der Waals surface area contributed by atoms with Gasteiger partial charge in [-0.3, -0.25) is 0 Å². The maximum atomic E-state index is 4.65. The summed E-state index contributed by atoms with van der Waals surface area (Å²) in [5, 5.41) is 6.77. The van der Waals surface area contributed by atoms with Crippen LogP contribution in [0.1, 0.15) is 34.1 Å². The number of benzene rings is 1. The summed E-state index contributed by atoms with van der Waals surface area (Å²) in [5.74, 6) is 3.16. The van der Waals surface area contributed by atoms with Crippen LogP contribution in [0.2, 0.25) is 0 Å². The lowest BCUT2D eigenvalue weighted by Crippen LogP contribution is -2.13. The first-order valence-electron chi connectivity index (χ1n) is 7.99. The minimum absolute atomic E-state index is 0.335. The van der Waals surface area contributed by atoms with E-state index in [2.05, 4.69) is 48.3 Å². The summed E-state index contributed by atoms with van der Waals surface area (Å²) in [6.45, 7) is 9.59. The second kappa shape index (κ2) is 7.78. The fourth-order valence-electron chi connectivity index (χ4n) is 2.11. The van der Waals surface area contributed by atoms with Crippen LogP contribution in [0.15, 0.2) is 36.4 Å². The molecule has 0 aliphatic rings.